The molecule has 2 aromatic rings. The maximum Gasteiger partial charge on any atom is 0.170 e. The van der Waals surface area contributed by atoms with E-state index in [9.17, 15) is 0 Å². The van der Waals surface area contributed by atoms with Crippen LogP contribution in [-0.2, 0) is 0 Å². The van der Waals surface area contributed by atoms with Gasteiger partial charge in [0.25, 0.3) is 0 Å². The highest BCUT2D eigenvalue weighted by molar-refractivity contribution is 6.36. The van der Waals surface area contributed by atoms with Crippen LogP contribution in [0.15, 0.2) is 41.4 Å². The lowest BCUT2D eigenvalue weighted by atomic mass is 10.2. The van der Waals surface area contributed by atoms with Gasteiger partial charge in [-0.15, -0.1) is 0 Å². The maximum absolute atomic E-state index is 6.12. The summed E-state index contributed by atoms with van der Waals surface area (Å²) in [7, 11) is 1.61. The van der Waals surface area contributed by atoms with Gasteiger partial charge in [-0.1, -0.05) is 29.3 Å². The number of para-hydroxylation sites is 1. The fraction of sp³-hybridized carbons (Fsp3) is 0.235. The molecule has 0 saturated heterocycles. The lowest BCUT2D eigenvalue weighted by Gasteiger charge is -2.15. The van der Waals surface area contributed by atoms with Crippen LogP contribution in [-0.4, -0.2) is 19.4 Å². The molecule has 0 unspecified atom stereocenters. The zero-order valence-electron chi connectivity index (χ0n) is 12.6. The fourth-order valence-electron chi connectivity index (χ4n) is 1.88. The minimum Gasteiger partial charge on any atom is -0.493 e. The molecule has 0 aromatic heterocycles. The quantitative estimate of drug-likeness (QED) is 0.670. The topological polar surface area (TPSA) is 30.8 Å². The van der Waals surface area contributed by atoms with Crippen molar-refractivity contribution in [3.63, 3.8) is 0 Å². The van der Waals surface area contributed by atoms with E-state index in [1.807, 2.05) is 32.0 Å². The monoisotopic (exact) mass is 337 g/mol. The Balaban J connectivity index is 2.37. The molecule has 0 amide bonds. The first-order valence-corrected chi connectivity index (χ1v) is 7.59. The number of nitrogens with zero attached hydrogens (tertiary/aromatic N) is 1. The van der Waals surface area contributed by atoms with E-state index in [0.29, 0.717) is 27.2 Å². The van der Waals surface area contributed by atoms with Crippen molar-refractivity contribution in [1.29, 1.82) is 0 Å². The number of rotatable bonds is 5. The van der Waals surface area contributed by atoms with E-state index in [-0.39, 0.29) is 6.10 Å². The van der Waals surface area contributed by atoms with Gasteiger partial charge in [0.2, 0.25) is 0 Å². The van der Waals surface area contributed by atoms with E-state index in [0.717, 1.165) is 5.56 Å². The Bertz CT molecular complexity index is 684. The van der Waals surface area contributed by atoms with Crippen molar-refractivity contribution in [3.8, 4) is 11.5 Å². The Kier molecular flexibility index (Phi) is 5.69. The van der Waals surface area contributed by atoms with Gasteiger partial charge in [-0.2, -0.15) is 0 Å². The molecule has 2 aromatic carbocycles. The van der Waals surface area contributed by atoms with Gasteiger partial charge in [0.1, 0.15) is 0 Å². The van der Waals surface area contributed by atoms with Crippen LogP contribution in [0.2, 0.25) is 10.0 Å². The minimum absolute atomic E-state index is 0.0302. The highest BCUT2D eigenvalue weighted by Gasteiger charge is 2.11. The van der Waals surface area contributed by atoms with Gasteiger partial charge in [0, 0.05) is 16.8 Å². The van der Waals surface area contributed by atoms with Crippen LogP contribution in [0.1, 0.15) is 19.4 Å². The summed E-state index contributed by atoms with van der Waals surface area (Å²) in [6.07, 6.45) is 1.73. The maximum atomic E-state index is 6.12. The number of ether oxygens (including phenoxy) is 2. The Morgan fingerprint density at radius 1 is 1.14 bits per heavy atom. The molecule has 0 aliphatic heterocycles. The molecular weight excluding hydrogens is 321 g/mol. The van der Waals surface area contributed by atoms with Gasteiger partial charge >= 0.3 is 0 Å². The van der Waals surface area contributed by atoms with Crippen LogP contribution < -0.4 is 9.47 Å². The molecule has 0 saturated carbocycles. The average Bonchev–Trinajstić information content (AvgIpc) is 2.47. The largest absolute Gasteiger partial charge is 0.493 e. The van der Waals surface area contributed by atoms with Crippen LogP contribution in [0.4, 0.5) is 5.69 Å². The second-order valence-corrected chi connectivity index (χ2v) is 5.74. The number of hydrogen-bond donors (Lipinski definition) is 0. The summed E-state index contributed by atoms with van der Waals surface area (Å²) in [6.45, 7) is 3.92. The molecule has 0 aliphatic rings. The zero-order chi connectivity index (χ0) is 16.1. The second kappa shape index (κ2) is 7.52. The van der Waals surface area contributed by atoms with E-state index in [1.165, 1.54) is 0 Å². The van der Waals surface area contributed by atoms with E-state index in [2.05, 4.69) is 4.99 Å². The molecule has 0 heterocycles. The highest BCUT2D eigenvalue weighted by atomic mass is 35.5. The molecule has 116 valence electrons. The summed E-state index contributed by atoms with van der Waals surface area (Å²) in [6, 6.07) is 10.8. The Morgan fingerprint density at radius 2 is 1.91 bits per heavy atom. The summed E-state index contributed by atoms with van der Waals surface area (Å²) in [5.74, 6) is 1.33. The molecule has 0 N–H and O–H groups in total. The van der Waals surface area contributed by atoms with Gasteiger partial charge in [-0.3, -0.25) is 4.99 Å². The normalized spacial score (nSPS) is 11.2. The van der Waals surface area contributed by atoms with Crippen molar-refractivity contribution in [2.24, 2.45) is 4.99 Å². The van der Waals surface area contributed by atoms with E-state index < -0.39 is 0 Å². The third-order valence-corrected chi connectivity index (χ3v) is 3.37. The lowest BCUT2D eigenvalue weighted by molar-refractivity contribution is 0.230. The second-order valence-electron chi connectivity index (χ2n) is 4.90. The van der Waals surface area contributed by atoms with Crippen LogP contribution >= 0.6 is 23.2 Å². The van der Waals surface area contributed by atoms with Crippen molar-refractivity contribution in [2.45, 2.75) is 20.0 Å². The molecule has 0 radical (unpaired) electrons. The molecule has 0 fully saturated rings. The smallest absolute Gasteiger partial charge is 0.170 e. The number of hydrogen-bond acceptors (Lipinski definition) is 3. The summed E-state index contributed by atoms with van der Waals surface area (Å²) in [5.41, 5.74) is 1.46. The van der Waals surface area contributed by atoms with Crippen LogP contribution in [0.3, 0.4) is 0 Å². The molecule has 3 nitrogen and oxygen atoms in total. The molecule has 0 spiro atoms. The SMILES string of the molecule is COc1cccc(C=Nc2ccc(Cl)cc2Cl)c1OC(C)C. The highest BCUT2D eigenvalue weighted by Crippen LogP contribution is 2.32. The number of halogens is 2. The zero-order valence-corrected chi connectivity index (χ0v) is 14.2. The number of aliphatic imine (C=N–C) groups is 1. The fourth-order valence-corrected chi connectivity index (χ4v) is 2.34. The first kappa shape index (κ1) is 16.7. The summed E-state index contributed by atoms with van der Waals surface area (Å²) in [4.78, 5) is 4.41. The molecule has 2 rings (SSSR count). The van der Waals surface area contributed by atoms with E-state index in [1.54, 1.807) is 31.5 Å². The lowest BCUT2D eigenvalue weighted by Crippen LogP contribution is -2.08. The Labute approximate surface area is 140 Å². The Hall–Kier alpha value is -1.71. The van der Waals surface area contributed by atoms with Crippen LogP contribution in [0.5, 0.6) is 11.5 Å². The predicted molar refractivity (Wildman–Crippen MR) is 92.5 cm³/mol. The first-order chi connectivity index (χ1) is 10.5. The van der Waals surface area contributed by atoms with Crippen molar-refractivity contribution < 1.29 is 9.47 Å². The minimum atomic E-state index is 0.0302. The number of benzene rings is 2. The van der Waals surface area contributed by atoms with Crippen LogP contribution in [0, 0.1) is 0 Å². The molecule has 22 heavy (non-hydrogen) atoms. The first-order valence-electron chi connectivity index (χ1n) is 6.84. The third-order valence-electron chi connectivity index (χ3n) is 2.84. The average molecular weight is 338 g/mol. The molecule has 5 heteroatoms. The van der Waals surface area contributed by atoms with Crippen LogP contribution in [0.25, 0.3) is 0 Å². The van der Waals surface area contributed by atoms with E-state index in [4.69, 9.17) is 32.7 Å². The molecule has 0 bridgehead atoms. The van der Waals surface area contributed by atoms with Gasteiger partial charge in [0.15, 0.2) is 11.5 Å². The van der Waals surface area contributed by atoms with Crippen molar-refractivity contribution in [1.82, 2.24) is 0 Å². The van der Waals surface area contributed by atoms with Gasteiger partial charge < -0.3 is 9.47 Å². The standard InChI is InChI=1S/C17H17Cl2NO2/c1-11(2)22-17-12(5-4-6-16(17)21-3)10-20-15-8-7-13(18)9-14(15)19/h4-11H,1-3H3. The Morgan fingerprint density at radius 3 is 2.55 bits per heavy atom. The summed E-state index contributed by atoms with van der Waals surface area (Å²) in [5, 5.41) is 1.08. The van der Waals surface area contributed by atoms with Gasteiger partial charge in [-0.05, 0) is 44.2 Å². The van der Waals surface area contributed by atoms with Crippen molar-refractivity contribution in [3.05, 3.63) is 52.0 Å². The van der Waals surface area contributed by atoms with E-state index >= 15 is 0 Å². The predicted octanol–water partition coefficient (Wildman–Crippen LogP) is 5.54. The summed E-state index contributed by atoms with van der Waals surface area (Å²) < 4.78 is 11.2. The number of methoxy groups -OCH3 is 1. The van der Waals surface area contributed by atoms with Gasteiger partial charge in [0.05, 0.1) is 23.9 Å². The molecular formula is C17H17Cl2NO2. The molecule has 0 aliphatic carbocycles. The third kappa shape index (κ3) is 4.15. The van der Waals surface area contributed by atoms with Crippen molar-refractivity contribution >= 4 is 35.1 Å². The van der Waals surface area contributed by atoms with Gasteiger partial charge in [-0.25, -0.2) is 0 Å². The summed E-state index contributed by atoms with van der Waals surface area (Å²) >= 11 is 12.0. The molecule has 0 atom stereocenters. The van der Waals surface area contributed by atoms with Crippen molar-refractivity contribution in [2.75, 3.05) is 7.11 Å².